The number of rotatable bonds is 7. The van der Waals surface area contributed by atoms with Gasteiger partial charge in [-0.3, -0.25) is 19.3 Å². The number of fused-ring (bicyclic) bond motifs is 1. The van der Waals surface area contributed by atoms with E-state index in [2.05, 4.69) is 10.4 Å². The second kappa shape index (κ2) is 8.58. The van der Waals surface area contributed by atoms with Crippen LogP contribution in [0.25, 0.3) is 21.6 Å². The van der Waals surface area contributed by atoms with Gasteiger partial charge in [0.2, 0.25) is 11.8 Å². The summed E-state index contributed by atoms with van der Waals surface area (Å²) < 4.78 is 1.82. The van der Waals surface area contributed by atoms with Crippen LogP contribution in [-0.2, 0) is 9.59 Å². The van der Waals surface area contributed by atoms with Gasteiger partial charge in [-0.25, -0.2) is 9.67 Å². The normalized spacial score (nSPS) is 14.3. The first-order chi connectivity index (χ1) is 14.8. The van der Waals surface area contributed by atoms with Gasteiger partial charge in [0.05, 0.1) is 27.7 Å². The van der Waals surface area contributed by atoms with Crippen molar-refractivity contribution in [1.29, 1.82) is 0 Å². The number of pyridine rings is 1. The van der Waals surface area contributed by atoms with Crippen LogP contribution in [0.1, 0.15) is 54.4 Å². The van der Waals surface area contributed by atoms with Gasteiger partial charge < -0.3 is 5.32 Å². The van der Waals surface area contributed by atoms with Crippen LogP contribution in [-0.4, -0.2) is 50.5 Å². The standard InChI is InChI=1S/C22H25N5O3S/c1-13(2)27-21-16(12-24-27)15(11-17(25-21)18-6-5-14(3)31-18)22(30)23-9-4-10-26-19(28)7-8-20(26)29/h5-6,11-13H,4,7-10H2,1-3H3,(H,23,30). The first-order valence-corrected chi connectivity index (χ1v) is 11.2. The summed E-state index contributed by atoms with van der Waals surface area (Å²) in [6.07, 6.45) is 2.76. The Balaban J connectivity index is 1.56. The minimum atomic E-state index is -0.218. The number of aryl methyl sites for hydroxylation is 1. The monoisotopic (exact) mass is 439 g/mol. The molecule has 3 amide bonds. The van der Waals surface area contributed by atoms with Crippen molar-refractivity contribution in [2.24, 2.45) is 0 Å². The predicted octanol–water partition coefficient (Wildman–Crippen LogP) is 3.32. The number of nitrogens with one attached hydrogen (secondary N) is 1. The molecule has 0 unspecified atom stereocenters. The van der Waals surface area contributed by atoms with Crippen molar-refractivity contribution in [3.63, 3.8) is 0 Å². The fourth-order valence-corrected chi connectivity index (χ4v) is 4.52. The van der Waals surface area contributed by atoms with E-state index < -0.39 is 0 Å². The zero-order valence-electron chi connectivity index (χ0n) is 17.8. The van der Waals surface area contributed by atoms with Crippen LogP contribution in [0.3, 0.4) is 0 Å². The Morgan fingerprint density at radius 3 is 2.61 bits per heavy atom. The van der Waals surface area contributed by atoms with E-state index in [1.807, 2.05) is 43.7 Å². The zero-order valence-corrected chi connectivity index (χ0v) is 18.7. The fraction of sp³-hybridized carbons (Fsp3) is 0.409. The molecule has 0 aliphatic carbocycles. The Hall–Kier alpha value is -3.07. The highest BCUT2D eigenvalue weighted by Gasteiger charge is 2.28. The van der Waals surface area contributed by atoms with E-state index in [9.17, 15) is 14.4 Å². The quantitative estimate of drug-likeness (QED) is 0.450. The molecule has 9 heteroatoms. The van der Waals surface area contributed by atoms with Gasteiger partial charge in [-0.05, 0) is 45.4 Å². The molecule has 0 atom stereocenters. The van der Waals surface area contributed by atoms with Gasteiger partial charge >= 0.3 is 0 Å². The molecule has 1 saturated heterocycles. The number of thiophene rings is 1. The highest BCUT2D eigenvalue weighted by molar-refractivity contribution is 7.15. The van der Waals surface area contributed by atoms with Crippen molar-refractivity contribution < 1.29 is 14.4 Å². The molecule has 0 saturated carbocycles. The number of nitrogens with zero attached hydrogens (tertiary/aromatic N) is 4. The minimum absolute atomic E-state index is 0.108. The van der Waals surface area contributed by atoms with Crippen LogP contribution in [0.15, 0.2) is 24.4 Å². The lowest BCUT2D eigenvalue weighted by Gasteiger charge is -2.14. The van der Waals surface area contributed by atoms with Crippen molar-refractivity contribution >= 4 is 40.1 Å². The van der Waals surface area contributed by atoms with Crippen LogP contribution in [0.2, 0.25) is 0 Å². The summed E-state index contributed by atoms with van der Waals surface area (Å²) in [6, 6.07) is 5.96. The van der Waals surface area contributed by atoms with E-state index in [0.717, 1.165) is 10.6 Å². The first-order valence-electron chi connectivity index (χ1n) is 10.4. The van der Waals surface area contributed by atoms with Crippen molar-refractivity contribution in [1.82, 2.24) is 25.0 Å². The van der Waals surface area contributed by atoms with Crippen molar-refractivity contribution in [2.45, 2.75) is 46.1 Å². The van der Waals surface area contributed by atoms with Crippen LogP contribution in [0.5, 0.6) is 0 Å². The summed E-state index contributed by atoms with van der Waals surface area (Å²) in [5, 5.41) is 8.06. The van der Waals surface area contributed by atoms with E-state index in [4.69, 9.17) is 4.98 Å². The summed E-state index contributed by atoms with van der Waals surface area (Å²) >= 11 is 1.63. The number of likely N-dealkylation sites (tertiary alicyclic amines) is 1. The second-order valence-electron chi connectivity index (χ2n) is 7.93. The number of hydrogen-bond acceptors (Lipinski definition) is 6. The van der Waals surface area contributed by atoms with E-state index in [-0.39, 0.29) is 36.6 Å². The minimum Gasteiger partial charge on any atom is -0.352 e. The Bertz CT molecular complexity index is 1150. The molecule has 3 aromatic rings. The van der Waals surface area contributed by atoms with Gasteiger partial charge in [0.25, 0.3) is 5.91 Å². The van der Waals surface area contributed by atoms with Gasteiger partial charge in [0, 0.05) is 36.9 Å². The molecule has 1 aliphatic heterocycles. The molecular weight excluding hydrogens is 414 g/mol. The summed E-state index contributed by atoms with van der Waals surface area (Å²) in [4.78, 5) is 44.7. The van der Waals surface area contributed by atoms with Crippen molar-refractivity contribution in [3.05, 3.63) is 34.8 Å². The van der Waals surface area contributed by atoms with Crippen LogP contribution in [0.4, 0.5) is 0 Å². The second-order valence-corrected chi connectivity index (χ2v) is 9.22. The Labute approximate surface area is 184 Å². The third-order valence-electron chi connectivity index (χ3n) is 5.29. The predicted molar refractivity (Wildman–Crippen MR) is 119 cm³/mol. The van der Waals surface area contributed by atoms with Gasteiger partial charge in [-0.15, -0.1) is 11.3 Å². The summed E-state index contributed by atoms with van der Waals surface area (Å²) in [6.45, 7) is 6.78. The van der Waals surface area contributed by atoms with Crippen molar-refractivity contribution in [2.75, 3.05) is 13.1 Å². The fourth-order valence-electron chi connectivity index (χ4n) is 3.69. The molecule has 8 nitrogen and oxygen atoms in total. The molecule has 162 valence electrons. The average Bonchev–Trinajstić information content (AvgIpc) is 3.44. The van der Waals surface area contributed by atoms with Crippen LogP contribution >= 0.6 is 11.3 Å². The van der Waals surface area contributed by atoms with E-state index >= 15 is 0 Å². The van der Waals surface area contributed by atoms with Crippen LogP contribution < -0.4 is 5.32 Å². The molecule has 1 fully saturated rings. The summed E-state index contributed by atoms with van der Waals surface area (Å²) in [7, 11) is 0. The largest absolute Gasteiger partial charge is 0.352 e. The molecule has 0 radical (unpaired) electrons. The molecule has 4 heterocycles. The molecule has 3 aromatic heterocycles. The molecule has 0 spiro atoms. The number of carbonyl (C=O) groups excluding carboxylic acids is 3. The third kappa shape index (κ3) is 4.23. The van der Waals surface area contributed by atoms with Gasteiger partial charge in [-0.1, -0.05) is 0 Å². The third-order valence-corrected chi connectivity index (χ3v) is 6.32. The summed E-state index contributed by atoms with van der Waals surface area (Å²) in [5.41, 5.74) is 1.94. The molecule has 0 bridgehead atoms. The van der Waals surface area contributed by atoms with Crippen LogP contribution in [0, 0.1) is 6.92 Å². The Morgan fingerprint density at radius 2 is 1.97 bits per heavy atom. The molecular formula is C22H25N5O3S. The SMILES string of the molecule is Cc1ccc(-c2cc(C(=O)NCCCN3C(=O)CCC3=O)c3cnn(C(C)C)c3n2)s1. The van der Waals surface area contributed by atoms with E-state index in [1.54, 1.807) is 17.5 Å². The van der Waals surface area contributed by atoms with Gasteiger partial charge in [0.15, 0.2) is 5.65 Å². The van der Waals surface area contributed by atoms with Gasteiger partial charge in [-0.2, -0.15) is 5.10 Å². The molecule has 1 aliphatic rings. The highest BCUT2D eigenvalue weighted by atomic mass is 32.1. The number of hydrogen-bond donors (Lipinski definition) is 1. The number of imide groups is 1. The Kier molecular flexibility index (Phi) is 5.86. The molecule has 0 aromatic carbocycles. The smallest absolute Gasteiger partial charge is 0.252 e. The first kappa shape index (κ1) is 21.2. The molecule has 31 heavy (non-hydrogen) atoms. The number of amides is 3. The maximum absolute atomic E-state index is 13.0. The zero-order chi connectivity index (χ0) is 22.1. The Morgan fingerprint density at radius 1 is 1.23 bits per heavy atom. The highest BCUT2D eigenvalue weighted by Crippen LogP contribution is 2.30. The summed E-state index contributed by atoms with van der Waals surface area (Å²) in [5.74, 6) is -0.488. The molecule has 1 N–H and O–H groups in total. The van der Waals surface area contributed by atoms with E-state index in [0.29, 0.717) is 36.1 Å². The topological polar surface area (TPSA) is 97.2 Å². The number of aromatic nitrogens is 3. The van der Waals surface area contributed by atoms with Gasteiger partial charge in [0.1, 0.15) is 0 Å². The van der Waals surface area contributed by atoms with Crippen molar-refractivity contribution in [3.8, 4) is 10.6 Å². The number of carbonyl (C=O) groups is 3. The maximum atomic E-state index is 13.0. The average molecular weight is 440 g/mol. The lowest BCUT2D eigenvalue weighted by Crippen LogP contribution is -2.33. The molecule has 4 rings (SSSR count). The lowest BCUT2D eigenvalue weighted by atomic mass is 10.1. The lowest BCUT2D eigenvalue weighted by molar-refractivity contribution is -0.138. The maximum Gasteiger partial charge on any atom is 0.252 e. The van der Waals surface area contributed by atoms with E-state index in [1.165, 1.54) is 9.78 Å².